The molecule has 3 heterocycles. The average Bonchev–Trinajstić information content (AvgIpc) is 3.15. The molecule has 0 saturated heterocycles. The normalized spacial score (nSPS) is 15.3. The van der Waals surface area contributed by atoms with E-state index in [-0.39, 0.29) is 11.1 Å². The predicted octanol–water partition coefficient (Wildman–Crippen LogP) is 2.21. The highest BCUT2D eigenvalue weighted by Gasteiger charge is 2.31. The lowest BCUT2D eigenvalue weighted by Crippen LogP contribution is -2.39. The molecule has 8 nitrogen and oxygen atoms in total. The van der Waals surface area contributed by atoms with Gasteiger partial charge in [0.05, 0.1) is 42.2 Å². The second-order valence-electron chi connectivity index (χ2n) is 7.00. The van der Waals surface area contributed by atoms with Crippen LogP contribution in [-0.4, -0.2) is 35.8 Å². The van der Waals surface area contributed by atoms with Gasteiger partial charge in [-0.2, -0.15) is 0 Å². The molecule has 0 aliphatic carbocycles. The van der Waals surface area contributed by atoms with E-state index in [9.17, 15) is 9.59 Å². The third kappa shape index (κ3) is 4.45. The number of rotatable bonds is 7. The predicted molar refractivity (Wildman–Crippen MR) is 124 cm³/mol. The summed E-state index contributed by atoms with van der Waals surface area (Å²) in [5.41, 5.74) is 1.32. The van der Waals surface area contributed by atoms with E-state index >= 15 is 0 Å². The zero-order valence-electron chi connectivity index (χ0n) is 18.5. The summed E-state index contributed by atoms with van der Waals surface area (Å²) in [4.78, 5) is 35.2. The summed E-state index contributed by atoms with van der Waals surface area (Å²) < 4.78 is 18.4. The van der Waals surface area contributed by atoms with Gasteiger partial charge in [0.2, 0.25) is 0 Å². The van der Waals surface area contributed by atoms with E-state index in [1.165, 1.54) is 29.2 Å². The molecule has 1 aromatic carbocycles. The number of ether oxygens (including phenoxy) is 3. The fraction of sp³-hybridized carbons (Fsp3) is 0.250. The molecule has 1 aliphatic heterocycles. The molecule has 0 amide bonds. The Kier molecular flexibility index (Phi) is 6.69. The number of fused-ring (bicyclic) bond motifs is 1. The Hall–Kier alpha value is -3.72. The standard InChI is InChI=1S/C24H23N3O5S/c1-4-31-18-10-9-15(12-19(18)32-5-2)21-17(23(29)30-3)14-26-24-27(21)22(28)20(33-24)13-16-8-6-7-11-25-16/h6-14,21H,4-5H2,1-3H3/b20-13-/t21-/m0/s1. The van der Waals surface area contributed by atoms with Gasteiger partial charge in [-0.05, 0) is 49.8 Å². The van der Waals surface area contributed by atoms with Crippen LogP contribution in [0.1, 0.15) is 31.1 Å². The van der Waals surface area contributed by atoms with E-state index in [0.717, 1.165) is 0 Å². The van der Waals surface area contributed by atoms with E-state index in [2.05, 4.69) is 9.98 Å². The van der Waals surface area contributed by atoms with Crippen LogP contribution in [0.25, 0.3) is 6.08 Å². The lowest BCUT2D eigenvalue weighted by Gasteiger charge is -2.23. The van der Waals surface area contributed by atoms with Crippen LogP contribution in [0.2, 0.25) is 0 Å². The SMILES string of the molecule is CCOc1ccc([C@H]2C(C(=O)OC)=CN=c3s/c(=C\c4ccccn4)c(=O)n32)cc1OCC. The smallest absolute Gasteiger partial charge is 0.337 e. The number of hydrogen-bond donors (Lipinski definition) is 0. The first-order chi connectivity index (χ1) is 16.1. The third-order valence-electron chi connectivity index (χ3n) is 4.97. The monoisotopic (exact) mass is 465 g/mol. The topological polar surface area (TPSA) is 92.0 Å². The second-order valence-corrected chi connectivity index (χ2v) is 8.01. The first kappa shape index (κ1) is 22.5. The molecule has 1 atom stereocenters. The molecule has 0 bridgehead atoms. The number of pyridine rings is 1. The lowest BCUT2D eigenvalue weighted by atomic mass is 9.97. The van der Waals surface area contributed by atoms with Crippen molar-refractivity contribution >= 4 is 23.4 Å². The van der Waals surface area contributed by atoms with Crippen molar-refractivity contribution in [2.45, 2.75) is 19.9 Å². The Labute approximate surface area is 194 Å². The Balaban J connectivity index is 1.91. The van der Waals surface area contributed by atoms with Gasteiger partial charge in [-0.3, -0.25) is 14.3 Å². The zero-order chi connectivity index (χ0) is 23.4. The second kappa shape index (κ2) is 9.83. The van der Waals surface area contributed by atoms with Crippen molar-refractivity contribution < 1.29 is 19.0 Å². The number of hydrogen-bond acceptors (Lipinski definition) is 8. The van der Waals surface area contributed by atoms with Gasteiger partial charge in [0.1, 0.15) is 0 Å². The molecule has 0 N–H and O–H groups in total. The maximum absolute atomic E-state index is 13.5. The van der Waals surface area contributed by atoms with E-state index in [0.29, 0.717) is 45.3 Å². The number of carbonyl (C=O) groups excluding carboxylic acids is 1. The van der Waals surface area contributed by atoms with Crippen LogP contribution < -0.4 is 24.4 Å². The molecule has 33 heavy (non-hydrogen) atoms. The summed E-state index contributed by atoms with van der Waals surface area (Å²) in [5.74, 6) is 0.567. The quantitative estimate of drug-likeness (QED) is 0.497. The summed E-state index contributed by atoms with van der Waals surface area (Å²) in [7, 11) is 1.30. The van der Waals surface area contributed by atoms with Crippen molar-refractivity contribution in [2.75, 3.05) is 20.3 Å². The van der Waals surface area contributed by atoms with Crippen LogP contribution in [-0.2, 0) is 9.53 Å². The summed E-state index contributed by atoms with van der Waals surface area (Å²) in [6, 6.07) is 10.1. The Bertz CT molecular complexity index is 1380. The van der Waals surface area contributed by atoms with Crippen molar-refractivity contribution in [3.05, 3.63) is 85.3 Å². The summed E-state index contributed by atoms with van der Waals surface area (Å²) >= 11 is 1.24. The fourth-order valence-electron chi connectivity index (χ4n) is 3.58. The molecular formula is C24H23N3O5S. The number of carbonyl (C=O) groups is 1. The van der Waals surface area contributed by atoms with Crippen molar-refractivity contribution in [1.29, 1.82) is 0 Å². The zero-order valence-corrected chi connectivity index (χ0v) is 19.3. The van der Waals surface area contributed by atoms with Crippen LogP contribution in [0.4, 0.5) is 0 Å². The van der Waals surface area contributed by atoms with Gasteiger partial charge in [0, 0.05) is 12.4 Å². The van der Waals surface area contributed by atoms with E-state index < -0.39 is 12.0 Å². The summed E-state index contributed by atoms with van der Waals surface area (Å²) in [6.07, 6.45) is 4.84. The number of esters is 1. The third-order valence-corrected chi connectivity index (χ3v) is 5.97. The Morgan fingerprint density at radius 3 is 2.64 bits per heavy atom. The summed E-state index contributed by atoms with van der Waals surface area (Å²) in [6.45, 7) is 4.69. The minimum Gasteiger partial charge on any atom is -0.490 e. The molecule has 3 aromatic rings. The van der Waals surface area contributed by atoms with E-state index in [1.807, 2.05) is 38.1 Å². The molecule has 1 aliphatic rings. The van der Waals surface area contributed by atoms with Crippen molar-refractivity contribution in [3.63, 3.8) is 0 Å². The molecule has 170 valence electrons. The van der Waals surface area contributed by atoms with E-state index in [4.69, 9.17) is 14.2 Å². The summed E-state index contributed by atoms with van der Waals surface area (Å²) in [5, 5.41) is 0. The minimum atomic E-state index is -0.727. The molecule has 0 unspecified atom stereocenters. The molecule has 0 spiro atoms. The van der Waals surface area contributed by atoms with E-state index in [1.54, 1.807) is 24.4 Å². The fourth-order valence-corrected chi connectivity index (χ4v) is 4.54. The maximum Gasteiger partial charge on any atom is 0.337 e. The largest absolute Gasteiger partial charge is 0.490 e. The van der Waals surface area contributed by atoms with Crippen molar-refractivity contribution in [1.82, 2.24) is 9.55 Å². The number of benzene rings is 1. The molecule has 2 aromatic heterocycles. The first-order valence-corrected chi connectivity index (χ1v) is 11.3. The van der Waals surface area contributed by atoms with Crippen LogP contribution in [0.15, 0.2) is 64.2 Å². The average molecular weight is 466 g/mol. The van der Waals surface area contributed by atoms with Crippen LogP contribution in [0.5, 0.6) is 11.5 Å². The van der Waals surface area contributed by atoms with Crippen LogP contribution in [0, 0.1) is 0 Å². The highest BCUT2D eigenvalue weighted by molar-refractivity contribution is 7.07. The number of nitrogens with zero attached hydrogens (tertiary/aromatic N) is 3. The molecule has 9 heteroatoms. The Morgan fingerprint density at radius 2 is 1.94 bits per heavy atom. The van der Waals surface area contributed by atoms with Gasteiger partial charge >= 0.3 is 5.97 Å². The molecular weight excluding hydrogens is 442 g/mol. The molecule has 0 saturated carbocycles. The first-order valence-electron chi connectivity index (χ1n) is 10.5. The molecule has 4 rings (SSSR count). The van der Waals surface area contributed by atoms with Gasteiger partial charge < -0.3 is 14.2 Å². The minimum absolute atomic E-state index is 0.251. The Morgan fingerprint density at radius 1 is 1.15 bits per heavy atom. The van der Waals surface area contributed by atoms with Crippen LogP contribution in [0.3, 0.4) is 0 Å². The maximum atomic E-state index is 13.5. The van der Waals surface area contributed by atoms with Gasteiger partial charge in [0.15, 0.2) is 16.3 Å². The highest BCUT2D eigenvalue weighted by Crippen LogP contribution is 2.35. The molecule has 0 radical (unpaired) electrons. The van der Waals surface area contributed by atoms with Crippen LogP contribution >= 0.6 is 11.3 Å². The highest BCUT2D eigenvalue weighted by atomic mass is 32.1. The van der Waals surface area contributed by atoms with Crippen molar-refractivity contribution in [2.24, 2.45) is 4.99 Å². The molecule has 0 fully saturated rings. The van der Waals surface area contributed by atoms with Crippen molar-refractivity contribution in [3.8, 4) is 11.5 Å². The van der Waals surface area contributed by atoms with Gasteiger partial charge in [-0.1, -0.05) is 23.5 Å². The van der Waals surface area contributed by atoms with Gasteiger partial charge in [0.25, 0.3) is 5.56 Å². The van der Waals surface area contributed by atoms with Gasteiger partial charge in [-0.25, -0.2) is 9.79 Å². The lowest BCUT2D eigenvalue weighted by molar-refractivity contribution is -0.136. The number of methoxy groups -OCH3 is 1. The number of thiazole rings is 1. The number of aromatic nitrogens is 2. The van der Waals surface area contributed by atoms with Gasteiger partial charge in [-0.15, -0.1) is 0 Å².